The van der Waals surface area contributed by atoms with Gasteiger partial charge in [0, 0.05) is 23.7 Å². The monoisotopic (exact) mass is 367 g/mol. The lowest BCUT2D eigenvalue weighted by atomic mass is 9.99. The van der Waals surface area contributed by atoms with E-state index < -0.39 is 18.3 Å². The molecule has 0 bridgehead atoms. The molecule has 3 rings (SSSR count). The van der Waals surface area contributed by atoms with Gasteiger partial charge < -0.3 is 10.0 Å². The van der Waals surface area contributed by atoms with Gasteiger partial charge in [0.1, 0.15) is 5.69 Å². The lowest BCUT2D eigenvalue weighted by molar-refractivity contribution is -0.141. The molecule has 0 saturated carbocycles. The van der Waals surface area contributed by atoms with Gasteiger partial charge in [-0.15, -0.1) is 0 Å². The molecule has 1 aliphatic heterocycles. The number of hydrogen-bond donors (Lipinski definition) is 1. The molecule has 2 heterocycles. The van der Waals surface area contributed by atoms with Gasteiger partial charge in [-0.1, -0.05) is 23.7 Å². The second kappa shape index (κ2) is 7.31. The zero-order chi connectivity index (χ0) is 18.0. The summed E-state index contributed by atoms with van der Waals surface area (Å²) in [7, 11) is 0. The van der Waals surface area contributed by atoms with Crippen molar-refractivity contribution in [3.8, 4) is 11.3 Å². The molecule has 1 aromatic heterocycles. The van der Waals surface area contributed by atoms with Crippen molar-refractivity contribution in [3.63, 3.8) is 0 Å². The van der Waals surface area contributed by atoms with Crippen LogP contribution >= 0.6 is 11.6 Å². The van der Waals surface area contributed by atoms with Crippen LogP contribution in [0.2, 0.25) is 5.02 Å². The van der Waals surface area contributed by atoms with Crippen LogP contribution in [0.15, 0.2) is 30.3 Å². The smallest absolute Gasteiger partial charge is 0.308 e. The Kier molecular flexibility index (Phi) is 5.13. The maximum atomic E-state index is 13.3. The second-order valence-corrected chi connectivity index (χ2v) is 6.35. The van der Waals surface area contributed by atoms with Gasteiger partial charge in [-0.05, 0) is 31.0 Å². The minimum Gasteiger partial charge on any atom is -0.481 e. The highest BCUT2D eigenvalue weighted by Crippen LogP contribution is 2.28. The van der Waals surface area contributed by atoms with E-state index in [4.69, 9.17) is 11.6 Å². The van der Waals surface area contributed by atoms with Crippen LogP contribution in [0.3, 0.4) is 0 Å². The molecule has 0 spiro atoms. The molecule has 1 unspecified atom stereocenters. The Labute approximate surface area is 148 Å². The number of aliphatic carboxylic acids is 1. The van der Waals surface area contributed by atoms with Gasteiger partial charge in [0.05, 0.1) is 11.6 Å². The van der Waals surface area contributed by atoms with E-state index in [1.54, 1.807) is 29.2 Å². The van der Waals surface area contributed by atoms with Gasteiger partial charge in [-0.3, -0.25) is 4.79 Å². The molecule has 1 N–H and O–H groups in total. The normalized spacial score (nSPS) is 17.8. The fraction of sp³-hybridized carbons (Fsp3) is 0.353. The predicted molar refractivity (Wildman–Crippen MR) is 90.0 cm³/mol. The first kappa shape index (κ1) is 17.5. The Morgan fingerprint density at radius 2 is 2.00 bits per heavy atom. The molecule has 8 heteroatoms. The van der Waals surface area contributed by atoms with Crippen molar-refractivity contribution >= 4 is 23.5 Å². The lowest BCUT2D eigenvalue weighted by Crippen LogP contribution is -2.39. The highest BCUT2D eigenvalue weighted by Gasteiger charge is 2.27. The number of alkyl halides is 2. The average molecular weight is 368 g/mol. The largest absolute Gasteiger partial charge is 0.481 e. The van der Waals surface area contributed by atoms with Gasteiger partial charge in [0.25, 0.3) is 6.43 Å². The van der Waals surface area contributed by atoms with Crippen molar-refractivity contribution in [3.05, 3.63) is 41.0 Å². The SMILES string of the molecule is O=C(O)C1CCCN(c2nc(-c3ccc(Cl)cc3)cc(C(F)F)n2)C1. The van der Waals surface area contributed by atoms with Crippen molar-refractivity contribution in [2.24, 2.45) is 5.92 Å². The number of piperidine rings is 1. The molecule has 1 aromatic carbocycles. The van der Waals surface area contributed by atoms with E-state index in [2.05, 4.69) is 9.97 Å². The Hall–Kier alpha value is -2.28. The molecule has 1 saturated heterocycles. The summed E-state index contributed by atoms with van der Waals surface area (Å²) in [5, 5.41) is 9.74. The number of halogens is 3. The minimum absolute atomic E-state index is 0.133. The molecule has 132 valence electrons. The molecule has 1 aliphatic rings. The minimum atomic E-state index is -2.74. The first-order valence-corrected chi connectivity index (χ1v) is 8.22. The van der Waals surface area contributed by atoms with Crippen molar-refractivity contribution in [2.75, 3.05) is 18.0 Å². The second-order valence-electron chi connectivity index (χ2n) is 5.91. The van der Waals surface area contributed by atoms with Crippen molar-refractivity contribution in [1.82, 2.24) is 9.97 Å². The van der Waals surface area contributed by atoms with Crippen LogP contribution in [0.25, 0.3) is 11.3 Å². The third-order valence-electron chi connectivity index (χ3n) is 4.15. The number of nitrogens with zero attached hydrogens (tertiary/aromatic N) is 3. The molecule has 25 heavy (non-hydrogen) atoms. The summed E-state index contributed by atoms with van der Waals surface area (Å²) in [5.41, 5.74) is 0.614. The number of benzene rings is 1. The third kappa shape index (κ3) is 4.04. The fourth-order valence-electron chi connectivity index (χ4n) is 2.83. The van der Waals surface area contributed by atoms with E-state index in [0.717, 1.165) is 0 Å². The van der Waals surface area contributed by atoms with Crippen molar-refractivity contribution in [2.45, 2.75) is 19.3 Å². The summed E-state index contributed by atoms with van der Waals surface area (Å²) < 4.78 is 26.5. The topological polar surface area (TPSA) is 66.3 Å². The van der Waals surface area contributed by atoms with E-state index in [1.165, 1.54) is 6.07 Å². The Morgan fingerprint density at radius 1 is 1.28 bits per heavy atom. The molecular formula is C17H16ClF2N3O2. The van der Waals surface area contributed by atoms with Crippen LogP contribution in [0, 0.1) is 5.92 Å². The first-order valence-electron chi connectivity index (χ1n) is 7.85. The third-order valence-corrected chi connectivity index (χ3v) is 4.40. The van der Waals surface area contributed by atoms with Crippen LogP contribution < -0.4 is 4.90 Å². The molecular weight excluding hydrogens is 352 g/mol. The van der Waals surface area contributed by atoms with Gasteiger partial charge in [0.15, 0.2) is 0 Å². The summed E-state index contributed by atoms with van der Waals surface area (Å²) in [4.78, 5) is 21.2. The Bertz CT molecular complexity index is 771. The Morgan fingerprint density at radius 3 is 2.64 bits per heavy atom. The van der Waals surface area contributed by atoms with Gasteiger partial charge in [-0.25, -0.2) is 18.7 Å². The summed E-state index contributed by atoms with van der Waals surface area (Å²) >= 11 is 5.86. The quantitative estimate of drug-likeness (QED) is 0.883. The number of aromatic nitrogens is 2. The average Bonchev–Trinajstić information content (AvgIpc) is 2.62. The van der Waals surface area contributed by atoms with E-state index in [-0.39, 0.29) is 18.2 Å². The number of hydrogen-bond acceptors (Lipinski definition) is 4. The van der Waals surface area contributed by atoms with Crippen LogP contribution in [0.5, 0.6) is 0 Å². The molecule has 0 radical (unpaired) electrons. The summed E-state index contributed by atoms with van der Waals surface area (Å²) in [6, 6.07) is 7.94. The van der Waals surface area contributed by atoms with Crippen LogP contribution in [0.1, 0.15) is 25.0 Å². The summed E-state index contributed by atoms with van der Waals surface area (Å²) in [6.07, 6.45) is -1.53. The van der Waals surface area contributed by atoms with Gasteiger partial charge in [-0.2, -0.15) is 0 Å². The van der Waals surface area contributed by atoms with Crippen LogP contribution in [0.4, 0.5) is 14.7 Å². The summed E-state index contributed by atoms with van der Waals surface area (Å²) in [6.45, 7) is 0.749. The van der Waals surface area contributed by atoms with Gasteiger partial charge in [0.2, 0.25) is 5.95 Å². The van der Waals surface area contributed by atoms with Crippen LogP contribution in [-0.2, 0) is 4.79 Å². The number of carbonyl (C=O) groups is 1. The number of anilines is 1. The zero-order valence-corrected chi connectivity index (χ0v) is 14.0. The maximum Gasteiger partial charge on any atom is 0.308 e. The van der Waals surface area contributed by atoms with E-state index in [0.29, 0.717) is 35.7 Å². The molecule has 0 amide bonds. The fourth-order valence-corrected chi connectivity index (χ4v) is 2.96. The summed E-state index contributed by atoms with van der Waals surface area (Å²) in [5.74, 6) is -1.31. The van der Waals surface area contributed by atoms with Crippen molar-refractivity contribution < 1.29 is 18.7 Å². The molecule has 1 fully saturated rings. The first-order chi connectivity index (χ1) is 11.9. The van der Waals surface area contributed by atoms with E-state index in [1.807, 2.05) is 0 Å². The van der Waals surface area contributed by atoms with Gasteiger partial charge >= 0.3 is 5.97 Å². The molecule has 5 nitrogen and oxygen atoms in total. The highest BCUT2D eigenvalue weighted by atomic mass is 35.5. The predicted octanol–water partition coefficient (Wildman–Crippen LogP) is 4.04. The number of carboxylic acid groups (broad SMARTS) is 1. The number of carboxylic acids is 1. The van der Waals surface area contributed by atoms with Crippen molar-refractivity contribution in [1.29, 1.82) is 0 Å². The number of rotatable bonds is 4. The maximum absolute atomic E-state index is 13.3. The molecule has 0 aliphatic carbocycles. The van der Waals surface area contributed by atoms with E-state index >= 15 is 0 Å². The van der Waals surface area contributed by atoms with E-state index in [9.17, 15) is 18.7 Å². The molecule has 1 atom stereocenters. The standard InChI is InChI=1S/C17H16ClF2N3O2/c18-12-5-3-10(4-6-12)13-8-14(15(19)20)22-17(21-13)23-7-1-2-11(9-23)16(24)25/h3-6,8,11,15H,1-2,7,9H2,(H,24,25). The Balaban J connectivity index is 1.98. The molecule has 2 aromatic rings. The highest BCUT2D eigenvalue weighted by molar-refractivity contribution is 6.30. The lowest BCUT2D eigenvalue weighted by Gasteiger charge is -2.31. The zero-order valence-electron chi connectivity index (χ0n) is 13.2. The van der Waals surface area contributed by atoms with Crippen LogP contribution in [-0.4, -0.2) is 34.1 Å².